The van der Waals surface area contributed by atoms with E-state index in [0.29, 0.717) is 12.0 Å². The van der Waals surface area contributed by atoms with Crippen LogP contribution >= 0.6 is 0 Å². The van der Waals surface area contributed by atoms with Crippen molar-refractivity contribution in [3.05, 3.63) is 82.4 Å². The molecule has 0 aliphatic carbocycles. The molecule has 2 aromatic carbocycles. The van der Waals surface area contributed by atoms with Crippen LogP contribution in [0.3, 0.4) is 0 Å². The van der Waals surface area contributed by atoms with Gasteiger partial charge in [0.15, 0.2) is 0 Å². The van der Waals surface area contributed by atoms with Crippen LogP contribution in [0, 0.1) is 12.8 Å². The molecule has 2 rings (SSSR count). The number of aliphatic hydroxyl groups excluding tert-OH is 1. The average molecular weight is 423 g/mol. The summed E-state index contributed by atoms with van der Waals surface area (Å²) >= 11 is 0. The summed E-state index contributed by atoms with van der Waals surface area (Å²) in [4.78, 5) is 11.6. The SMILES string of the molecule is C=C(C)C(=O)OCC(CO)Cc1ccc(CCc2ccc(CCCCC)cc2)c(C)c1. The standard InChI is InChI=1S/C28H38O3/c1-5-6-7-8-23-9-11-24(12-10-23)13-15-27-16-14-25(17-22(27)4)18-26(19-29)20-31-28(30)21(2)3/h9-12,14,16-17,26,29H,2,5-8,13,15,18-20H2,1,3-4H3. The zero-order chi connectivity index (χ0) is 22.6. The van der Waals surface area contributed by atoms with Crippen LogP contribution in [0.1, 0.15) is 60.9 Å². The molecule has 0 heterocycles. The molecule has 3 heteroatoms. The van der Waals surface area contributed by atoms with Gasteiger partial charge >= 0.3 is 5.97 Å². The third-order valence-corrected chi connectivity index (χ3v) is 5.76. The normalized spacial score (nSPS) is 11.9. The molecule has 0 aliphatic heterocycles. The van der Waals surface area contributed by atoms with E-state index < -0.39 is 5.97 Å². The van der Waals surface area contributed by atoms with Crippen molar-refractivity contribution in [1.82, 2.24) is 0 Å². The molecule has 3 nitrogen and oxygen atoms in total. The average Bonchev–Trinajstić information content (AvgIpc) is 2.76. The maximum atomic E-state index is 11.6. The van der Waals surface area contributed by atoms with Gasteiger partial charge in [-0.3, -0.25) is 0 Å². The van der Waals surface area contributed by atoms with E-state index in [-0.39, 0.29) is 19.1 Å². The molecular weight excluding hydrogens is 384 g/mol. The van der Waals surface area contributed by atoms with Crippen LogP contribution in [-0.2, 0) is 35.2 Å². The van der Waals surface area contributed by atoms with Crippen LogP contribution in [0.5, 0.6) is 0 Å². The molecule has 0 spiro atoms. The minimum Gasteiger partial charge on any atom is -0.462 e. The summed E-state index contributed by atoms with van der Waals surface area (Å²) in [5, 5.41) is 9.64. The highest BCUT2D eigenvalue weighted by molar-refractivity contribution is 5.86. The molecule has 0 fully saturated rings. The zero-order valence-corrected chi connectivity index (χ0v) is 19.5. The maximum Gasteiger partial charge on any atom is 0.333 e. The van der Waals surface area contributed by atoms with E-state index in [4.69, 9.17) is 4.74 Å². The van der Waals surface area contributed by atoms with E-state index in [2.05, 4.69) is 62.9 Å². The topological polar surface area (TPSA) is 46.5 Å². The highest BCUT2D eigenvalue weighted by Crippen LogP contribution is 2.18. The first-order chi connectivity index (χ1) is 14.9. The largest absolute Gasteiger partial charge is 0.462 e. The van der Waals surface area contributed by atoms with Gasteiger partial charge in [0, 0.05) is 18.1 Å². The minimum absolute atomic E-state index is 0.0152. The maximum absolute atomic E-state index is 11.6. The van der Waals surface area contributed by atoms with Crippen LogP contribution in [0.2, 0.25) is 0 Å². The lowest BCUT2D eigenvalue weighted by molar-refractivity contribution is -0.140. The molecule has 0 saturated heterocycles. The lowest BCUT2D eigenvalue weighted by Crippen LogP contribution is -2.19. The highest BCUT2D eigenvalue weighted by atomic mass is 16.5. The Hall–Kier alpha value is -2.39. The monoisotopic (exact) mass is 422 g/mol. The van der Waals surface area contributed by atoms with Gasteiger partial charge < -0.3 is 9.84 Å². The number of esters is 1. The summed E-state index contributed by atoms with van der Waals surface area (Å²) in [6.45, 7) is 9.79. The van der Waals surface area contributed by atoms with Crippen molar-refractivity contribution >= 4 is 5.97 Å². The Bertz CT molecular complexity index is 836. The predicted molar refractivity (Wildman–Crippen MR) is 128 cm³/mol. The van der Waals surface area contributed by atoms with Gasteiger partial charge in [-0.15, -0.1) is 0 Å². The number of rotatable bonds is 13. The van der Waals surface area contributed by atoms with Gasteiger partial charge in [-0.05, 0) is 73.8 Å². The highest BCUT2D eigenvalue weighted by Gasteiger charge is 2.13. The first-order valence-electron chi connectivity index (χ1n) is 11.5. The molecule has 0 bridgehead atoms. The fraction of sp³-hybridized carbons (Fsp3) is 0.464. The van der Waals surface area contributed by atoms with Gasteiger partial charge in [-0.2, -0.15) is 0 Å². The fourth-order valence-electron chi connectivity index (χ4n) is 3.72. The summed E-state index contributed by atoms with van der Waals surface area (Å²) in [6.07, 6.45) is 7.74. The Balaban J connectivity index is 1.87. The number of hydrogen-bond donors (Lipinski definition) is 1. The number of carbonyl (C=O) groups is 1. The number of aryl methyl sites for hydroxylation is 4. The van der Waals surface area contributed by atoms with Crippen LogP contribution in [-0.4, -0.2) is 24.3 Å². The number of aliphatic hydroxyl groups is 1. The first kappa shape index (κ1) is 24.9. The predicted octanol–water partition coefficient (Wildman–Crippen LogP) is 5.78. The lowest BCUT2D eigenvalue weighted by atomic mass is 9.94. The molecule has 1 unspecified atom stereocenters. The second-order valence-electron chi connectivity index (χ2n) is 8.67. The summed E-state index contributed by atoms with van der Waals surface area (Å²) < 4.78 is 5.21. The molecule has 0 aromatic heterocycles. The van der Waals surface area contributed by atoms with Gasteiger partial charge in [0.2, 0.25) is 0 Å². The van der Waals surface area contributed by atoms with Crippen molar-refractivity contribution in [2.45, 2.75) is 65.7 Å². The molecule has 168 valence electrons. The molecule has 31 heavy (non-hydrogen) atoms. The van der Waals surface area contributed by atoms with Crippen molar-refractivity contribution < 1.29 is 14.6 Å². The molecule has 0 saturated carbocycles. The van der Waals surface area contributed by atoms with Crippen molar-refractivity contribution in [1.29, 1.82) is 0 Å². The van der Waals surface area contributed by atoms with Gasteiger partial charge in [0.05, 0.1) is 6.61 Å². The number of unbranched alkanes of at least 4 members (excludes halogenated alkanes) is 2. The van der Waals surface area contributed by atoms with E-state index in [9.17, 15) is 9.90 Å². The summed E-state index contributed by atoms with van der Waals surface area (Å²) in [5.41, 5.74) is 6.97. The molecule has 2 aromatic rings. The van der Waals surface area contributed by atoms with Crippen LogP contribution in [0.25, 0.3) is 0 Å². The second-order valence-corrected chi connectivity index (χ2v) is 8.67. The first-order valence-corrected chi connectivity index (χ1v) is 11.5. The smallest absolute Gasteiger partial charge is 0.333 e. The van der Waals surface area contributed by atoms with E-state index in [1.54, 1.807) is 6.92 Å². The Morgan fingerprint density at radius 2 is 1.65 bits per heavy atom. The fourth-order valence-corrected chi connectivity index (χ4v) is 3.72. The number of ether oxygens (including phenoxy) is 1. The van der Waals surface area contributed by atoms with Gasteiger partial charge in [-0.25, -0.2) is 4.79 Å². The Kier molecular flexibility index (Phi) is 10.5. The van der Waals surface area contributed by atoms with Crippen LogP contribution in [0.15, 0.2) is 54.6 Å². The van der Waals surface area contributed by atoms with Gasteiger partial charge in [0.1, 0.15) is 0 Å². The Morgan fingerprint density at radius 1 is 1.00 bits per heavy atom. The van der Waals surface area contributed by atoms with Crippen molar-refractivity contribution in [3.63, 3.8) is 0 Å². The Morgan fingerprint density at radius 3 is 2.23 bits per heavy atom. The Labute approximate surface area is 188 Å². The van der Waals surface area contributed by atoms with Crippen LogP contribution in [0.4, 0.5) is 0 Å². The minimum atomic E-state index is -0.404. The van der Waals surface area contributed by atoms with Gasteiger partial charge in [-0.1, -0.05) is 68.8 Å². The molecule has 0 radical (unpaired) electrons. The van der Waals surface area contributed by atoms with E-state index >= 15 is 0 Å². The molecular formula is C28H38O3. The van der Waals surface area contributed by atoms with Gasteiger partial charge in [0.25, 0.3) is 0 Å². The quantitative estimate of drug-likeness (QED) is 0.253. The van der Waals surface area contributed by atoms with Crippen molar-refractivity contribution in [2.24, 2.45) is 5.92 Å². The molecule has 1 atom stereocenters. The van der Waals surface area contributed by atoms with E-state index in [1.165, 1.54) is 47.9 Å². The zero-order valence-electron chi connectivity index (χ0n) is 19.5. The van der Waals surface area contributed by atoms with Crippen molar-refractivity contribution in [2.75, 3.05) is 13.2 Å². The third-order valence-electron chi connectivity index (χ3n) is 5.76. The van der Waals surface area contributed by atoms with Crippen molar-refractivity contribution in [3.8, 4) is 0 Å². The number of benzene rings is 2. The lowest BCUT2D eigenvalue weighted by Gasteiger charge is -2.16. The third kappa shape index (κ3) is 8.70. The number of carbonyl (C=O) groups excluding carboxylic acids is 1. The molecule has 0 aliphatic rings. The van der Waals surface area contributed by atoms with Crippen LogP contribution < -0.4 is 0 Å². The summed E-state index contributed by atoms with van der Waals surface area (Å²) in [7, 11) is 0. The van der Waals surface area contributed by atoms with E-state index in [1.807, 2.05) is 0 Å². The number of hydrogen-bond acceptors (Lipinski definition) is 3. The van der Waals surface area contributed by atoms with E-state index in [0.717, 1.165) is 18.4 Å². The summed E-state index contributed by atoms with van der Waals surface area (Å²) in [5.74, 6) is -0.511. The molecule has 1 N–H and O–H groups in total. The molecule has 0 amide bonds. The summed E-state index contributed by atoms with van der Waals surface area (Å²) in [6, 6.07) is 15.6. The second kappa shape index (κ2) is 13.1.